The second-order valence-electron chi connectivity index (χ2n) is 6.74. The summed E-state index contributed by atoms with van der Waals surface area (Å²) in [7, 11) is 1.81. The number of aryl methyl sites for hydroxylation is 2. The normalized spacial score (nSPS) is 12.2. The number of carbonyl (C=O) groups excluding carboxylic acids is 1. The minimum Gasteiger partial charge on any atom is -0.394 e. The van der Waals surface area contributed by atoms with Crippen LogP contribution in [-0.4, -0.2) is 33.6 Å². The third-order valence-electron chi connectivity index (χ3n) is 4.03. The average Bonchev–Trinajstić information content (AvgIpc) is 2.93. The monoisotopic (exact) mass is 344 g/mol. The fourth-order valence-electron chi connectivity index (χ4n) is 2.60. The number of benzene rings is 1. The van der Waals surface area contributed by atoms with Crippen LogP contribution in [0.3, 0.4) is 0 Å². The first-order valence-corrected chi connectivity index (χ1v) is 8.73. The predicted octanol–water partition coefficient (Wildman–Crippen LogP) is 2.73. The van der Waals surface area contributed by atoms with Crippen LogP contribution < -0.4 is 10.6 Å². The van der Waals surface area contributed by atoms with Crippen molar-refractivity contribution < 1.29 is 9.90 Å². The minimum atomic E-state index is -0.339. The Morgan fingerprint density at radius 3 is 2.64 bits per heavy atom. The van der Waals surface area contributed by atoms with Crippen LogP contribution in [0.15, 0.2) is 36.4 Å². The number of amides is 2. The largest absolute Gasteiger partial charge is 0.394 e. The first kappa shape index (κ1) is 19.0. The van der Waals surface area contributed by atoms with Gasteiger partial charge in [0.1, 0.15) is 5.82 Å². The smallest absolute Gasteiger partial charge is 0.320 e. The Labute approximate surface area is 149 Å². The van der Waals surface area contributed by atoms with E-state index in [0.29, 0.717) is 18.2 Å². The lowest BCUT2D eigenvalue weighted by Crippen LogP contribution is -2.41. The van der Waals surface area contributed by atoms with Crippen LogP contribution >= 0.6 is 0 Å². The molecule has 1 aromatic heterocycles. The maximum atomic E-state index is 12.2. The number of nitrogens with one attached hydrogen (secondary N) is 2. The maximum Gasteiger partial charge on any atom is 0.320 e. The lowest BCUT2D eigenvalue weighted by Gasteiger charge is -2.17. The van der Waals surface area contributed by atoms with Gasteiger partial charge in [-0.1, -0.05) is 44.2 Å². The molecule has 25 heavy (non-hydrogen) atoms. The van der Waals surface area contributed by atoms with Gasteiger partial charge in [0, 0.05) is 13.1 Å². The summed E-state index contributed by atoms with van der Waals surface area (Å²) in [6.45, 7) is 4.24. The highest BCUT2D eigenvalue weighted by Crippen LogP contribution is 2.13. The van der Waals surface area contributed by atoms with Gasteiger partial charge in [-0.25, -0.2) is 4.79 Å². The molecular weight excluding hydrogens is 316 g/mol. The Kier molecular flexibility index (Phi) is 7.01. The number of nitrogens with zero attached hydrogens (tertiary/aromatic N) is 2. The molecule has 136 valence electrons. The molecule has 6 heteroatoms. The molecule has 1 heterocycles. The zero-order chi connectivity index (χ0) is 18.2. The lowest BCUT2D eigenvalue weighted by atomic mass is 10.1. The van der Waals surface area contributed by atoms with Gasteiger partial charge < -0.3 is 10.4 Å². The van der Waals surface area contributed by atoms with E-state index in [1.54, 1.807) is 4.68 Å². The van der Waals surface area contributed by atoms with E-state index in [-0.39, 0.29) is 18.7 Å². The van der Waals surface area contributed by atoms with E-state index in [9.17, 15) is 9.90 Å². The van der Waals surface area contributed by atoms with Crippen molar-refractivity contribution >= 4 is 11.8 Å². The van der Waals surface area contributed by atoms with Crippen LogP contribution in [0, 0.1) is 5.92 Å². The van der Waals surface area contributed by atoms with Crippen LogP contribution in [-0.2, 0) is 19.9 Å². The maximum absolute atomic E-state index is 12.2. The summed E-state index contributed by atoms with van der Waals surface area (Å²) in [5, 5.41) is 19.6. The van der Waals surface area contributed by atoms with E-state index in [4.69, 9.17) is 0 Å². The van der Waals surface area contributed by atoms with Crippen molar-refractivity contribution in [1.82, 2.24) is 15.1 Å². The van der Waals surface area contributed by atoms with Crippen molar-refractivity contribution in [3.05, 3.63) is 47.7 Å². The Bertz CT molecular complexity index is 667. The summed E-state index contributed by atoms with van der Waals surface area (Å²) in [5.41, 5.74) is 2.04. The molecule has 2 rings (SSSR count). The van der Waals surface area contributed by atoms with Gasteiger partial charge in [0.15, 0.2) is 0 Å². The van der Waals surface area contributed by atoms with Gasteiger partial charge in [0.2, 0.25) is 0 Å². The molecule has 0 aliphatic heterocycles. The molecule has 3 N–H and O–H groups in total. The first-order chi connectivity index (χ1) is 12.0. The molecule has 6 nitrogen and oxygen atoms in total. The highest BCUT2D eigenvalue weighted by Gasteiger charge is 2.14. The van der Waals surface area contributed by atoms with Crippen molar-refractivity contribution in [2.75, 3.05) is 11.9 Å². The molecular formula is C19H28N4O2. The van der Waals surface area contributed by atoms with Crippen LogP contribution in [0.25, 0.3) is 0 Å². The average molecular weight is 344 g/mol. The number of aliphatic hydroxyl groups excluding tert-OH is 1. The molecule has 1 atom stereocenters. The van der Waals surface area contributed by atoms with Crippen molar-refractivity contribution in [2.24, 2.45) is 13.0 Å². The summed E-state index contributed by atoms with van der Waals surface area (Å²) in [6.07, 6.45) is 2.53. The number of urea groups is 1. The van der Waals surface area contributed by atoms with E-state index in [1.807, 2.05) is 43.4 Å². The number of aliphatic hydroxyl groups is 1. The molecule has 0 saturated heterocycles. The number of rotatable bonds is 8. The summed E-state index contributed by atoms with van der Waals surface area (Å²) < 4.78 is 1.67. The molecule has 0 radical (unpaired) electrons. The van der Waals surface area contributed by atoms with Gasteiger partial charge in [0.25, 0.3) is 0 Å². The standard InChI is InChI=1S/C19H28N4O2/c1-14(2)9-10-16-12-18(23(3)22-16)21-19(25)20-17(13-24)11-15-7-5-4-6-8-15/h4-8,12,14,17,24H,9-11,13H2,1-3H3,(H2,20,21,25)/t17-/m1/s1. The Hall–Kier alpha value is -2.34. The second kappa shape index (κ2) is 9.22. The fourth-order valence-corrected chi connectivity index (χ4v) is 2.60. The topological polar surface area (TPSA) is 79.2 Å². The summed E-state index contributed by atoms with van der Waals surface area (Å²) in [6, 6.07) is 11.0. The van der Waals surface area contributed by atoms with E-state index < -0.39 is 0 Å². The Morgan fingerprint density at radius 1 is 1.28 bits per heavy atom. The molecule has 0 bridgehead atoms. The second-order valence-corrected chi connectivity index (χ2v) is 6.74. The van der Waals surface area contributed by atoms with Gasteiger partial charge in [-0.2, -0.15) is 5.10 Å². The van der Waals surface area contributed by atoms with Gasteiger partial charge in [-0.15, -0.1) is 0 Å². The number of hydrogen-bond donors (Lipinski definition) is 3. The van der Waals surface area contributed by atoms with Crippen molar-refractivity contribution in [1.29, 1.82) is 0 Å². The van der Waals surface area contributed by atoms with Crippen molar-refractivity contribution in [3.8, 4) is 0 Å². The van der Waals surface area contributed by atoms with Crippen molar-refractivity contribution in [3.63, 3.8) is 0 Å². The van der Waals surface area contributed by atoms with Gasteiger partial charge in [-0.05, 0) is 30.7 Å². The third kappa shape index (κ3) is 6.23. The number of aromatic nitrogens is 2. The molecule has 0 spiro atoms. The van der Waals surface area contributed by atoms with Crippen LogP contribution in [0.4, 0.5) is 10.6 Å². The van der Waals surface area contributed by atoms with Gasteiger partial charge in [-0.3, -0.25) is 10.00 Å². The zero-order valence-corrected chi connectivity index (χ0v) is 15.2. The van der Waals surface area contributed by atoms with Gasteiger partial charge in [0.05, 0.1) is 18.3 Å². The molecule has 0 saturated carbocycles. The Balaban J connectivity index is 1.90. The van der Waals surface area contributed by atoms with Crippen LogP contribution in [0.5, 0.6) is 0 Å². The summed E-state index contributed by atoms with van der Waals surface area (Å²) in [4.78, 5) is 12.2. The fraction of sp³-hybridized carbons (Fsp3) is 0.474. The molecule has 1 aromatic carbocycles. The van der Waals surface area contributed by atoms with E-state index in [1.165, 1.54) is 0 Å². The molecule has 0 fully saturated rings. The minimum absolute atomic E-state index is 0.118. The SMILES string of the molecule is CC(C)CCc1cc(NC(=O)N[C@@H](CO)Cc2ccccc2)n(C)n1. The van der Waals surface area contributed by atoms with E-state index >= 15 is 0 Å². The molecule has 2 aromatic rings. The first-order valence-electron chi connectivity index (χ1n) is 8.73. The van der Waals surface area contributed by atoms with Crippen LogP contribution in [0.1, 0.15) is 31.5 Å². The van der Waals surface area contributed by atoms with E-state index in [2.05, 4.69) is 29.6 Å². The molecule has 0 aliphatic carbocycles. The quantitative estimate of drug-likeness (QED) is 0.689. The van der Waals surface area contributed by atoms with Crippen molar-refractivity contribution in [2.45, 2.75) is 39.2 Å². The predicted molar refractivity (Wildman–Crippen MR) is 99.5 cm³/mol. The lowest BCUT2D eigenvalue weighted by molar-refractivity contribution is 0.224. The Morgan fingerprint density at radius 2 is 2.00 bits per heavy atom. The zero-order valence-electron chi connectivity index (χ0n) is 15.2. The summed E-state index contributed by atoms with van der Waals surface area (Å²) >= 11 is 0. The highest BCUT2D eigenvalue weighted by atomic mass is 16.3. The molecule has 2 amide bonds. The van der Waals surface area contributed by atoms with Crippen LogP contribution in [0.2, 0.25) is 0 Å². The number of hydrogen-bond acceptors (Lipinski definition) is 3. The van der Waals surface area contributed by atoms with E-state index in [0.717, 1.165) is 24.1 Å². The highest BCUT2D eigenvalue weighted by molar-refractivity contribution is 5.88. The molecule has 0 aliphatic rings. The molecule has 0 unspecified atom stereocenters. The number of carbonyl (C=O) groups is 1. The van der Waals surface area contributed by atoms with Gasteiger partial charge >= 0.3 is 6.03 Å². The third-order valence-corrected chi connectivity index (χ3v) is 4.03. The summed E-state index contributed by atoms with van der Waals surface area (Å²) in [5.74, 6) is 1.26. The number of anilines is 1.